The molecule has 0 atom stereocenters. The van der Waals surface area contributed by atoms with Crippen LogP contribution in [0.15, 0.2) is 45.9 Å². The minimum Gasteiger partial charge on any atom is -0.468 e. The van der Waals surface area contributed by atoms with Gasteiger partial charge in [0, 0.05) is 5.56 Å². The van der Waals surface area contributed by atoms with Gasteiger partial charge in [0.15, 0.2) is 9.84 Å². The van der Waals surface area contributed by atoms with Crippen LogP contribution in [-0.2, 0) is 15.6 Å². The molecule has 1 aromatic carbocycles. The summed E-state index contributed by atoms with van der Waals surface area (Å²) in [7, 11) is -3.95. The van der Waals surface area contributed by atoms with Gasteiger partial charge in [0.05, 0.1) is 11.3 Å². The molecule has 0 saturated heterocycles. The summed E-state index contributed by atoms with van der Waals surface area (Å²) in [5.74, 6) is -0.995. The van der Waals surface area contributed by atoms with Crippen molar-refractivity contribution in [1.82, 2.24) is 0 Å². The van der Waals surface area contributed by atoms with E-state index in [0.717, 1.165) is 12.1 Å². The minimum atomic E-state index is -3.95. The van der Waals surface area contributed by atoms with E-state index < -0.39 is 26.3 Å². The summed E-state index contributed by atoms with van der Waals surface area (Å²) in [6.45, 7) is 0. The maximum atomic E-state index is 13.7. The fourth-order valence-electron chi connectivity index (χ4n) is 1.63. The summed E-state index contributed by atoms with van der Waals surface area (Å²) >= 11 is 5.82. The highest BCUT2D eigenvalue weighted by atomic mass is 35.5. The summed E-state index contributed by atoms with van der Waals surface area (Å²) < 4.78 is 42.9. The number of furan rings is 1. The number of sulfone groups is 1. The maximum Gasteiger partial charge on any atom is 0.195 e. The largest absolute Gasteiger partial charge is 0.468 e. The standard InChI is InChI=1S/C14H9ClFNO3S/c15-13-4-1-5-14(16)12(13)7-11(8-17)21(18,19)9-10-3-2-6-20-10/h1-7H,9H2/b11-7+. The molecule has 0 spiro atoms. The Kier molecular flexibility index (Phi) is 4.46. The molecule has 2 aromatic rings. The number of hydrogen-bond acceptors (Lipinski definition) is 4. The van der Waals surface area contributed by atoms with Crippen molar-refractivity contribution in [1.29, 1.82) is 5.26 Å². The van der Waals surface area contributed by atoms with Crippen molar-refractivity contribution in [2.75, 3.05) is 0 Å². The van der Waals surface area contributed by atoms with Crippen molar-refractivity contribution < 1.29 is 17.2 Å². The van der Waals surface area contributed by atoms with Crippen LogP contribution in [0.4, 0.5) is 4.39 Å². The predicted octanol–water partition coefficient (Wildman–Crippen LogP) is 3.55. The first kappa shape index (κ1) is 15.3. The first-order chi connectivity index (χ1) is 9.94. The molecule has 0 amide bonds. The number of allylic oxidation sites excluding steroid dienone is 1. The molecule has 1 aromatic heterocycles. The molecule has 2 rings (SSSR count). The molecule has 0 aliphatic carbocycles. The van der Waals surface area contributed by atoms with Crippen molar-refractivity contribution in [2.24, 2.45) is 0 Å². The molecule has 108 valence electrons. The quantitative estimate of drug-likeness (QED) is 0.806. The van der Waals surface area contributed by atoms with E-state index in [4.69, 9.17) is 21.3 Å². The molecular weight excluding hydrogens is 317 g/mol. The zero-order valence-corrected chi connectivity index (χ0v) is 12.2. The molecule has 7 heteroatoms. The van der Waals surface area contributed by atoms with Gasteiger partial charge in [-0.05, 0) is 30.3 Å². The maximum absolute atomic E-state index is 13.7. The van der Waals surface area contributed by atoms with E-state index in [9.17, 15) is 12.8 Å². The van der Waals surface area contributed by atoms with E-state index in [1.807, 2.05) is 0 Å². The molecule has 0 unspecified atom stereocenters. The number of rotatable bonds is 4. The average molecular weight is 326 g/mol. The first-order valence-corrected chi connectivity index (χ1v) is 7.78. The normalized spacial score (nSPS) is 12.1. The molecular formula is C14H9ClFNO3S. The summed E-state index contributed by atoms with van der Waals surface area (Å²) in [5, 5.41) is 9.06. The van der Waals surface area contributed by atoms with Crippen LogP contribution in [0, 0.1) is 17.1 Å². The van der Waals surface area contributed by atoms with Gasteiger partial charge in [-0.15, -0.1) is 0 Å². The number of hydrogen-bond donors (Lipinski definition) is 0. The van der Waals surface area contributed by atoms with Gasteiger partial charge in [-0.3, -0.25) is 0 Å². The minimum absolute atomic E-state index is 0.0240. The van der Waals surface area contributed by atoms with Crippen LogP contribution in [-0.4, -0.2) is 8.42 Å². The van der Waals surface area contributed by atoms with Gasteiger partial charge in [-0.1, -0.05) is 17.7 Å². The SMILES string of the molecule is N#C/C(=C\c1c(F)cccc1Cl)S(=O)(=O)Cc1ccco1. The Hall–Kier alpha value is -2.10. The van der Waals surface area contributed by atoms with Crippen LogP contribution in [0.5, 0.6) is 0 Å². The fraction of sp³-hybridized carbons (Fsp3) is 0.0714. The van der Waals surface area contributed by atoms with Gasteiger partial charge < -0.3 is 4.42 Å². The molecule has 0 fully saturated rings. The monoisotopic (exact) mass is 325 g/mol. The second kappa shape index (κ2) is 6.12. The second-order valence-corrected chi connectivity index (χ2v) is 6.46. The topological polar surface area (TPSA) is 71.1 Å². The van der Waals surface area contributed by atoms with Crippen molar-refractivity contribution in [3.05, 3.63) is 63.7 Å². The highest BCUT2D eigenvalue weighted by molar-refractivity contribution is 7.94. The molecule has 21 heavy (non-hydrogen) atoms. The molecule has 0 aliphatic heterocycles. The highest BCUT2D eigenvalue weighted by Gasteiger charge is 2.21. The van der Waals surface area contributed by atoms with Crippen LogP contribution in [0.2, 0.25) is 5.02 Å². The average Bonchev–Trinajstić information content (AvgIpc) is 2.90. The smallest absolute Gasteiger partial charge is 0.195 e. The molecule has 0 saturated carbocycles. The molecule has 4 nitrogen and oxygen atoms in total. The summed E-state index contributed by atoms with van der Waals surface area (Å²) in [5.41, 5.74) is -0.140. The van der Waals surface area contributed by atoms with Gasteiger partial charge in [-0.2, -0.15) is 5.26 Å². The van der Waals surface area contributed by atoms with Crippen LogP contribution in [0.25, 0.3) is 6.08 Å². The van der Waals surface area contributed by atoms with Crippen LogP contribution >= 0.6 is 11.6 Å². The zero-order valence-electron chi connectivity index (χ0n) is 10.6. The Morgan fingerprint density at radius 1 is 1.38 bits per heavy atom. The van der Waals surface area contributed by atoms with E-state index in [1.54, 1.807) is 6.07 Å². The number of nitriles is 1. The van der Waals surface area contributed by atoms with E-state index in [0.29, 0.717) is 0 Å². The lowest BCUT2D eigenvalue weighted by Crippen LogP contribution is -2.06. The molecule has 0 bridgehead atoms. The summed E-state index contributed by atoms with van der Waals surface area (Å²) in [6, 6.07) is 8.50. The third-order valence-corrected chi connectivity index (χ3v) is 4.51. The first-order valence-electron chi connectivity index (χ1n) is 5.75. The predicted molar refractivity (Wildman–Crippen MR) is 76.3 cm³/mol. The van der Waals surface area contributed by atoms with Crippen molar-refractivity contribution in [3.8, 4) is 6.07 Å². The Bertz CT molecular complexity index is 800. The van der Waals surface area contributed by atoms with E-state index in [1.165, 1.54) is 30.5 Å². The van der Waals surface area contributed by atoms with Gasteiger partial charge in [0.1, 0.15) is 28.3 Å². The number of halogens is 2. The Morgan fingerprint density at radius 2 is 2.14 bits per heavy atom. The van der Waals surface area contributed by atoms with Gasteiger partial charge in [0.25, 0.3) is 0 Å². The lowest BCUT2D eigenvalue weighted by atomic mass is 10.2. The third-order valence-electron chi connectivity index (χ3n) is 2.63. The molecule has 0 aliphatic rings. The molecule has 1 heterocycles. The van der Waals surface area contributed by atoms with Crippen LogP contribution in [0.1, 0.15) is 11.3 Å². The number of nitrogens with zero attached hydrogens (tertiary/aromatic N) is 1. The second-order valence-electron chi connectivity index (χ2n) is 4.09. The van der Waals surface area contributed by atoms with Crippen molar-refractivity contribution in [3.63, 3.8) is 0 Å². The van der Waals surface area contributed by atoms with Gasteiger partial charge in [-0.25, -0.2) is 12.8 Å². The lowest BCUT2D eigenvalue weighted by molar-refractivity contribution is 0.522. The third kappa shape index (κ3) is 3.51. The van der Waals surface area contributed by atoms with Crippen LogP contribution in [0.3, 0.4) is 0 Å². The van der Waals surface area contributed by atoms with E-state index >= 15 is 0 Å². The van der Waals surface area contributed by atoms with Crippen molar-refractivity contribution >= 4 is 27.5 Å². The van der Waals surface area contributed by atoms with Gasteiger partial charge >= 0.3 is 0 Å². The summed E-state index contributed by atoms with van der Waals surface area (Å²) in [4.78, 5) is -0.578. The Balaban J connectivity index is 2.44. The zero-order chi connectivity index (χ0) is 15.5. The lowest BCUT2D eigenvalue weighted by Gasteiger charge is -2.03. The van der Waals surface area contributed by atoms with Crippen LogP contribution < -0.4 is 0 Å². The molecule has 0 radical (unpaired) electrons. The van der Waals surface area contributed by atoms with Gasteiger partial charge in [0.2, 0.25) is 0 Å². The van der Waals surface area contributed by atoms with E-state index in [2.05, 4.69) is 0 Å². The Labute approximate surface area is 126 Å². The van der Waals surface area contributed by atoms with Crippen molar-refractivity contribution in [2.45, 2.75) is 5.75 Å². The fourth-order valence-corrected chi connectivity index (χ4v) is 2.98. The van der Waals surface area contributed by atoms with E-state index in [-0.39, 0.29) is 16.3 Å². The highest BCUT2D eigenvalue weighted by Crippen LogP contribution is 2.24. The molecule has 0 N–H and O–H groups in total. The summed E-state index contributed by atoms with van der Waals surface area (Å²) in [6.07, 6.45) is 2.25. The Morgan fingerprint density at radius 3 is 2.71 bits per heavy atom. The number of benzene rings is 1.